The Labute approximate surface area is 159 Å². The van der Waals surface area contributed by atoms with Crippen molar-refractivity contribution in [2.75, 3.05) is 19.7 Å². The van der Waals surface area contributed by atoms with Gasteiger partial charge in [0.2, 0.25) is 0 Å². The average Bonchev–Trinajstić information content (AvgIpc) is 2.94. The molecule has 0 aliphatic carbocycles. The molecule has 2 heterocycles. The summed E-state index contributed by atoms with van der Waals surface area (Å²) < 4.78 is 11.9. The van der Waals surface area contributed by atoms with Gasteiger partial charge in [-0.25, -0.2) is 0 Å². The number of carboxylic acids is 1. The van der Waals surface area contributed by atoms with E-state index in [0.717, 1.165) is 56.0 Å². The van der Waals surface area contributed by atoms with Crippen LogP contribution in [0.25, 0.3) is 0 Å². The highest BCUT2D eigenvalue weighted by molar-refractivity contribution is 5.69. The molecule has 0 amide bonds. The van der Waals surface area contributed by atoms with Gasteiger partial charge in [0.25, 0.3) is 0 Å². The molecule has 1 N–H and O–H groups in total. The summed E-state index contributed by atoms with van der Waals surface area (Å²) in [7, 11) is 0. The number of fused-ring (bicyclic) bond motifs is 1. The van der Waals surface area contributed by atoms with Crippen molar-refractivity contribution in [1.29, 1.82) is 0 Å². The molecule has 0 spiro atoms. The topological polar surface area (TPSA) is 59.0 Å². The van der Waals surface area contributed by atoms with Crippen LogP contribution >= 0.6 is 0 Å². The van der Waals surface area contributed by atoms with E-state index in [1.54, 1.807) is 0 Å². The molecule has 27 heavy (non-hydrogen) atoms. The Morgan fingerprint density at radius 3 is 2.59 bits per heavy atom. The van der Waals surface area contributed by atoms with Gasteiger partial charge in [0.05, 0.1) is 5.92 Å². The first-order chi connectivity index (χ1) is 13.2. The lowest BCUT2D eigenvalue weighted by molar-refractivity contribution is -0.142. The zero-order chi connectivity index (χ0) is 18.6. The van der Waals surface area contributed by atoms with Crippen molar-refractivity contribution in [3.63, 3.8) is 0 Å². The van der Waals surface area contributed by atoms with Gasteiger partial charge in [-0.1, -0.05) is 36.4 Å². The molecular formula is C22H25NO4. The predicted molar refractivity (Wildman–Crippen MR) is 102 cm³/mol. The predicted octanol–water partition coefficient (Wildman–Crippen LogP) is 3.89. The first-order valence-electron chi connectivity index (χ1n) is 9.61. The number of rotatable bonds is 4. The standard InChI is InChI=1S/C22H25NO4/c24-22(25)18-4-3-12-23(13-11-18)14-16-7-9-17(10-8-16)21-15-26-19-5-1-2-6-20(19)27-21/h1-2,5-10,18,21H,3-4,11-15H2,(H,24,25). The second-order valence-corrected chi connectivity index (χ2v) is 7.35. The summed E-state index contributed by atoms with van der Waals surface area (Å²) in [5.41, 5.74) is 2.35. The van der Waals surface area contributed by atoms with Gasteiger partial charge in [-0.05, 0) is 55.6 Å². The summed E-state index contributed by atoms with van der Waals surface area (Å²) in [6.45, 7) is 3.17. The highest BCUT2D eigenvalue weighted by Crippen LogP contribution is 2.35. The monoisotopic (exact) mass is 367 g/mol. The van der Waals surface area contributed by atoms with Crippen LogP contribution in [0.4, 0.5) is 0 Å². The Morgan fingerprint density at radius 2 is 1.81 bits per heavy atom. The number of benzene rings is 2. The molecule has 0 radical (unpaired) electrons. The lowest BCUT2D eigenvalue weighted by Gasteiger charge is -2.27. The SMILES string of the molecule is O=C(O)C1CCCN(Cc2ccc(C3COc4ccccc4O3)cc2)CC1. The van der Waals surface area contributed by atoms with Gasteiger partial charge in [0, 0.05) is 6.54 Å². The van der Waals surface area contributed by atoms with Crippen molar-refractivity contribution in [2.24, 2.45) is 5.92 Å². The molecule has 0 bridgehead atoms. The van der Waals surface area contributed by atoms with E-state index in [-0.39, 0.29) is 12.0 Å². The Morgan fingerprint density at radius 1 is 1.04 bits per heavy atom. The Kier molecular flexibility index (Phi) is 5.30. The van der Waals surface area contributed by atoms with E-state index in [2.05, 4.69) is 29.2 Å². The van der Waals surface area contributed by atoms with Crippen LogP contribution in [0.3, 0.4) is 0 Å². The van der Waals surface area contributed by atoms with Crippen LogP contribution in [0.15, 0.2) is 48.5 Å². The number of likely N-dealkylation sites (tertiary alicyclic amines) is 1. The fraction of sp³-hybridized carbons (Fsp3) is 0.409. The molecule has 1 saturated heterocycles. The fourth-order valence-electron chi connectivity index (χ4n) is 3.84. The highest BCUT2D eigenvalue weighted by Gasteiger charge is 2.23. The molecule has 2 atom stereocenters. The fourth-order valence-corrected chi connectivity index (χ4v) is 3.84. The maximum Gasteiger partial charge on any atom is 0.306 e. The molecule has 5 heteroatoms. The van der Waals surface area contributed by atoms with Crippen LogP contribution in [0.5, 0.6) is 11.5 Å². The van der Waals surface area contributed by atoms with Crippen LogP contribution in [0.1, 0.15) is 36.5 Å². The summed E-state index contributed by atoms with van der Waals surface area (Å²) >= 11 is 0. The van der Waals surface area contributed by atoms with Crippen LogP contribution in [0, 0.1) is 5.92 Å². The second kappa shape index (κ2) is 8.01. The van der Waals surface area contributed by atoms with Crippen molar-refractivity contribution in [1.82, 2.24) is 4.90 Å². The number of nitrogens with zero attached hydrogens (tertiary/aromatic N) is 1. The zero-order valence-electron chi connectivity index (χ0n) is 15.3. The van der Waals surface area contributed by atoms with Crippen molar-refractivity contribution in [3.05, 3.63) is 59.7 Å². The van der Waals surface area contributed by atoms with Crippen LogP contribution < -0.4 is 9.47 Å². The first-order valence-corrected chi connectivity index (χ1v) is 9.61. The van der Waals surface area contributed by atoms with Crippen molar-refractivity contribution < 1.29 is 19.4 Å². The number of hydrogen-bond donors (Lipinski definition) is 1. The number of ether oxygens (including phenoxy) is 2. The molecule has 2 aromatic carbocycles. The quantitative estimate of drug-likeness (QED) is 0.888. The lowest BCUT2D eigenvalue weighted by Crippen LogP contribution is -2.25. The van der Waals surface area contributed by atoms with Gasteiger partial charge < -0.3 is 14.6 Å². The van der Waals surface area contributed by atoms with E-state index in [4.69, 9.17) is 9.47 Å². The molecule has 2 aliphatic heterocycles. The van der Waals surface area contributed by atoms with Gasteiger partial charge in [-0.2, -0.15) is 0 Å². The highest BCUT2D eigenvalue weighted by atomic mass is 16.6. The summed E-state index contributed by atoms with van der Waals surface area (Å²) in [4.78, 5) is 13.6. The average molecular weight is 367 g/mol. The first kappa shape index (κ1) is 17.9. The minimum Gasteiger partial charge on any atom is -0.485 e. The molecule has 0 saturated carbocycles. The summed E-state index contributed by atoms with van der Waals surface area (Å²) in [6.07, 6.45) is 2.37. The van der Waals surface area contributed by atoms with Crippen LogP contribution in [-0.4, -0.2) is 35.7 Å². The maximum atomic E-state index is 11.2. The third-order valence-corrected chi connectivity index (χ3v) is 5.44. The summed E-state index contributed by atoms with van der Waals surface area (Å²) in [5, 5.41) is 9.21. The van der Waals surface area contributed by atoms with Gasteiger partial charge in [-0.3, -0.25) is 9.69 Å². The molecule has 142 valence electrons. The van der Waals surface area contributed by atoms with Crippen molar-refractivity contribution >= 4 is 5.97 Å². The zero-order valence-corrected chi connectivity index (χ0v) is 15.3. The minimum absolute atomic E-state index is 0.0940. The summed E-state index contributed by atoms with van der Waals surface area (Å²) in [6, 6.07) is 16.2. The van der Waals surface area contributed by atoms with Crippen molar-refractivity contribution in [2.45, 2.75) is 31.9 Å². The maximum absolute atomic E-state index is 11.2. The number of para-hydroxylation sites is 2. The van der Waals surface area contributed by atoms with E-state index in [1.807, 2.05) is 24.3 Å². The van der Waals surface area contributed by atoms with Crippen LogP contribution in [-0.2, 0) is 11.3 Å². The van der Waals surface area contributed by atoms with E-state index in [9.17, 15) is 9.90 Å². The van der Waals surface area contributed by atoms with E-state index in [0.29, 0.717) is 6.61 Å². The lowest BCUT2D eigenvalue weighted by atomic mass is 10.0. The van der Waals surface area contributed by atoms with E-state index in [1.165, 1.54) is 5.56 Å². The van der Waals surface area contributed by atoms with Gasteiger partial charge >= 0.3 is 5.97 Å². The van der Waals surface area contributed by atoms with Gasteiger partial charge in [-0.15, -0.1) is 0 Å². The van der Waals surface area contributed by atoms with Gasteiger partial charge in [0.15, 0.2) is 17.6 Å². The van der Waals surface area contributed by atoms with E-state index < -0.39 is 5.97 Å². The van der Waals surface area contributed by atoms with Crippen LogP contribution in [0.2, 0.25) is 0 Å². The third kappa shape index (κ3) is 4.25. The van der Waals surface area contributed by atoms with Gasteiger partial charge in [0.1, 0.15) is 6.61 Å². The minimum atomic E-state index is -0.655. The molecule has 0 aromatic heterocycles. The third-order valence-electron chi connectivity index (χ3n) is 5.44. The molecule has 2 aromatic rings. The molecular weight excluding hydrogens is 342 g/mol. The molecule has 2 unspecified atom stereocenters. The molecule has 5 nitrogen and oxygen atoms in total. The molecule has 2 aliphatic rings. The van der Waals surface area contributed by atoms with E-state index >= 15 is 0 Å². The molecule has 4 rings (SSSR count). The smallest absolute Gasteiger partial charge is 0.306 e. The molecule has 1 fully saturated rings. The second-order valence-electron chi connectivity index (χ2n) is 7.35. The number of aliphatic carboxylic acids is 1. The van der Waals surface area contributed by atoms with Crippen molar-refractivity contribution in [3.8, 4) is 11.5 Å². The largest absolute Gasteiger partial charge is 0.485 e. The number of carbonyl (C=O) groups is 1. The Balaban J connectivity index is 1.36. The Hall–Kier alpha value is -2.53. The Bertz CT molecular complexity index is 789. The normalized spacial score (nSPS) is 22.8. The summed E-state index contributed by atoms with van der Waals surface area (Å²) in [5.74, 6) is 0.739. The number of hydrogen-bond acceptors (Lipinski definition) is 4. The number of carboxylic acid groups (broad SMARTS) is 1.